The summed E-state index contributed by atoms with van der Waals surface area (Å²) in [5.41, 5.74) is 1.24. The Labute approximate surface area is 157 Å². The summed E-state index contributed by atoms with van der Waals surface area (Å²) >= 11 is 12.0. The average Bonchev–Trinajstić information content (AvgIpc) is 2.62. The first-order chi connectivity index (χ1) is 11.9. The van der Waals surface area contributed by atoms with Crippen molar-refractivity contribution in [1.82, 2.24) is 4.90 Å². The van der Waals surface area contributed by atoms with Crippen molar-refractivity contribution in [2.24, 2.45) is 0 Å². The Kier molecular flexibility index (Phi) is 6.39. The summed E-state index contributed by atoms with van der Waals surface area (Å²) in [4.78, 5) is 14.4. The van der Waals surface area contributed by atoms with E-state index in [1.54, 1.807) is 36.2 Å². The van der Waals surface area contributed by atoms with Gasteiger partial charge in [-0.1, -0.05) is 29.3 Å². The second-order valence-electron chi connectivity index (χ2n) is 5.32. The second kappa shape index (κ2) is 8.32. The number of ether oxygens (including phenoxy) is 3. The highest BCUT2D eigenvalue weighted by atomic mass is 35.5. The van der Waals surface area contributed by atoms with Gasteiger partial charge in [0.2, 0.25) is 0 Å². The van der Waals surface area contributed by atoms with Crippen LogP contribution >= 0.6 is 23.2 Å². The number of methoxy groups -OCH3 is 3. The lowest BCUT2D eigenvalue weighted by Gasteiger charge is -2.20. The molecule has 0 aliphatic carbocycles. The normalized spacial score (nSPS) is 10.3. The molecule has 2 aromatic carbocycles. The third kappa shape index (κ3) is 4.30. The fourth-order valence-corrected chi connectivity index (χ4v) is 2.71. The van der Waals surface area contributed by atoms with Crippen LogP contribution in [0.15, 0.2) is 30.3 Å². The molecule has 0 N–H and O–H groups in total. The third-order valence-corrected chi connectivity index (χ3v) is 4.43. The molecule has 0 bridgehead atoms. The number of nitrogens with zero attached hydrogens (tertiary/aromatic N) is 1. The summed E-state index contributed by atoms with van der Waals surface area (Å²) in [7, 11) is 6.23. The van der Waals surface area contributed by atoms with Gasteiger partial charge < -0.3 is 19.1 Å². The van der Waals surface area contributed by atoms with Gasteiger partial charge in [0, 0.05) is 25.7 Å². The van der Waals surface area contributed by atoms with E-state index >= 15 is 0 Å². The van der Waals surface area contributed by atoms with Gasteiger partial charge >= 0.3 is 0 Å². The van der Waals surface area contributed by atoms with Gasteiger partial charge in [-0.05, 0) is 17.7 Å². The zero-order valence-electron chi connectivity index (χ0n) is 14.4. The van der Waals surface area contributed by atoms with Crippen molar-refractivity contribution < 1.29 is 19.0 Å². The summed E-state index contributed by atoms with van der Waals surface area (Å²) in [6.45, 7) is 0.368. The first-order valence-electron chi connectivity index (χ1n) is 7.40. The number of carbonyl (C=O) groups excluding carboxylic acids is 1. The van der Waals surface area contributed by atoms with Gasteiger partial charge in [-0.2, -0.15) is 0 Å². The number of benzene rings is 2. The van der Waals surface area contributed by atoms with E-state index in [0.717, 1.165) is 5.56 Å². The lowest BCUT2D eigenvalue weighted by molar-refractivity contribution is 0.0781. The Hall–Kier alpha value is -2.11. The lowest BCUT2D eigenvalue weighted by atomic mass is 10.1. The van der Waals surface area contributed by atoms with Crippen LogP contribution in [0.4, 0.5) is 0 Å². The van der Waals surface area contributed by atoms with Crippen LogP contribution in [0.25, 0.3) is 0 Å². The minimum Gasteiger partial charge on any atom is -0.496 e. The van der Waals surface area contributed by atoms with E-state index in [1.165, 1.54) is 21.3 Å². The van der Waals surface area contributed by atoms with E-state index in [0.29, 0.717) is 39.4 Å². The van der Waals surface area contributed by atoms with Gasteiger partial charge in [-0.3, -0.25) is 4.79 Å². The van der Waals surface area contributed by atoms with E-state index in [-0.39, 0.29) is 5.91 Å². The van der Waals surface area contributed by atoms with Crippen molar-refractivity contribution in [3.63, 3.8) is 0 Å². The van der Waals surface area contributed by atoms with Gasteiger partial charge in [0.1, 0.15) is 5.75 Å². The van der Waals surface area contributed by atoms with Gasteiger partial charge in [0.05, 0.1) is 36.9 Å². The molecular formula is C18H19Cl2NO4. The SMILES string of the molecule is COc1cc(OC)c(C(=O)N(C)Cc2ccc(Cl)c(Cl)c2)cc1OC. The van der Waals surface area contributed by atoms with Gasteiger partial charge in [0.25, 0.3) is 5.91 Å². The van der Waals surface area contributed by atoms with Crippen LogP contribution < -0.4 is 14.2 Å². The van der Waals surface area contributed by atoms with Crippen LogP contribution in [-0.2, 0) is 6.54 Å². The van der Waals surface area contributed by atoms with Crippen LogP contribution in [0.5, 0.6) is 17.2 Å². The molecule has 0 heterocycles. The molecule has 0 fully saturated rings. The minimum absolute atomic E-state index is 0.219. The zero-order valence-corrected chi connectivity index (χ0v) is 15.9. The molecule has 7 heteroatoms. The largest absolute Gasteiger partial charge is 0.496 e. The summed E-state index contributed by atoms with van der Waals surface area (Å²) in [5.74, 6) is 1.13. The lowest BCUT2D eigenvalue weighted by Crippen LogP contribution is -2.26. The molecule has 0 unspecified atom stereocenters. The maximum absolute atomic E-state index is 12.8. The van der Waals surface area contributed by atoms with Crippen LogP contribution in [0.1, 0.15) is 15.9 Å². The topological polar surface area (TPSA) is 48.0 Å². The molecule has 0 atom stereocenters. The number of halogens is 2. The number of carbonyl (C=O) groups is 1. The molecular weight excluding hydrogens is 365 g/mol. The molecule has 2 aromatic rings. The van der Waals surface area contributed by atoms with Crippen molar-refractivity contribution in [3.05, 3.63) is 51.5 Å². The summed E-state index contributed by atoms with van der Waals surface area (Å²) in [5, 5.41) is 0.921. The first kappa shape index (κ1) is 19.2. The Balaban J connectivity index is 2.30. The maximum atomic E-state index is 12.8. The molecule has 0 aliphatic rings. The Morgan fingerprint density at radius 1 is 0.920 bits per heavy atom. The van der Waals surface area contributed by atoms with Crippen LogP contribution in [-0.4, -0.2) is 39.2 Å². The fourth-order valence-electron chi connectivity index (χ4n) is 2.39. The van der Waals surface area contributed by atoms with E-state index in [1.807, 2.05) is 6.07 Å². The van der Waals surface area contributed by atoms with Crippen molar-refractivity contribution in [3.8, 4) is 17.2 Å². The molecule has 0 saturated heterocycles. The molecule has 0 aliphatic heterocycles. The number of hydrogen-bond acceptors (Lipinski definition) is 4. The summed E-state index contributed by atoms with van der Waals surface area (Å²) in [6.07, 6.45) is 0. The Morgan fingerprint density at radius 2 is 1.52 bits per heavy atom. The van der Waals surface area contributed by atoms with Crippen molar-refractivity contribution in [2.75, 3.05) is 28.4 Å². The Morgan fingerprint density at radius 3 is 2.08 bits per heavy atom. The average molecular weight is 384 g/mol. The number of rotatable bonds is 6. The summed E-state index contributed by atoms with van der Waals surface area (Å²) < 4.78 is 15.8. The van der Waals surface area contributed by atoms with Gasteiger partial charge in [-0.25, -0.2) is 0 Å². The highest BCUT2D eigenvalue weighted by Gasteiger charge is 2.21. The molecule has 0 saturated carbocycles. The van der Waals surface area contributed by atoms with Crippen LogP contribution in [0.3, 0.4) is 0 Å². The molecule has 1 amide bonds. The van der Waals surface area contributed by atoms with E-state index in [9.17, 15) is 4.79 Å². The van der Waals surface area contributed by atoms with Crippen molar-refractivity contribution >= 4 is 29.1 Å². The monoisotopic (exact) mass is 383 g/mol. The minimum atomic E-state index is -0.219. The number of hydrogen-bond donors (Lipinski definition) is 0. The van der Waals surface area contributed by atoms with Crippen molar-refractivity contribution in [1.29, 1.82) is 0 Å². The zero-order chi connectivity index (χ0) is 18.6. The second-order valence-corrected chi connectivity index (χ2v) is 6.13. The maximum Gasteiger partial charge on any atom is 0.257 e. The highest BCUT2D eigenvalue weighted by Crippen LogP contribution is 2.35. The first-order valence-corrected chi connectivity index (χ1v) is 8.16. The molecule has 134 valence electrons. The molecule has 0 radical (unpaired) electrons. The van der Waals surface area contributed by atoms with Crippen molar-refractivity contribution in [2.45, 2.75) is 6.54 Å². The smallest absolute Gasteiger partial charge is 0.257 e. The Bertz CT molecular complexity index is 780. The number of amides is 1. The quantitative estimate of drug-likeness (QED) is 0.746. The third-order valence-electron chi connectivity index (χ3n) is 3.69. The molecule has 2 rings (SSSR count). The van der Waals surface area contributed by atoms with Crippen LogP contribution in [0.2, 0.25) is 10.0 Å². The van der Waals surface area contributed by atoms with E-state index in [4.69, 9.17) is 37.4 Å². The molecule has 0 aromatic heterocycles. The molecule has 5 nitrogen and oxygen atoms in total. The molecule has 25 heavy (non-hydrogen) atoms. The van der Waals surface area contributed by atoms with Gasteiger partial charge in [-0.15, -0.1) is 0 Å². The van der Waals surface area contributed by atoms with E-state index in [2.05, 4.69) is 0 Å². The fraction of sp³-hybridized carbons (Fsp3) is 0.278. The summed E-state index contributed by atoms with van der Waals surface area (Å²) in [6, 6.07) is 8.49. The predicted octanol–water partition coefficient (Wildman–Crippen LogP) is 4.29. The van der Waals surface area contributed by atoms with Gasteiger partial charge in [0.15, 0.2) is 11.5 Å². The predicted molar refractivity (Wildman–Crippen MR) is 98.4 cm³/mol. The van der Waals surface area contributed by atoms with Crippen LogP contribution in [0, 0.1) is 0 Å². The standard InChI is InChI=1S/C18H19Cl2NO4/c1-21(10-11-5-6-13(19)14(20)7-11)18(22)12-8-16(24-3)17(25-4)9-15(12)23-2/h5-9H,10H2,1-4H3. The van der Waals surface area contributed by atoms with E-state index < -0.39 is 0 Å². The molecule has 0 spiro atoms. The highest BCUT2D eigenvalue weighted by molar-refractivity contribution is 6.42.